The summed E-state index contributed by atoms with van der Waals surface area (Å²) in [6.07, 6.45) is 19.4. The van der Waals surface area contributed by atoms with Crippen LogP contribution >= 0.6 is 0 Å². The van der Waals surface area contributed by atoms with Crippen LogP contribution in [0.2, 0.25) is 0 Å². The predicted molar refractivity (Wildman–Crippen MR) is 255 cm³/mol. The Balaban J connectivity index is 1.13. The first-order valence-electron chi connectivity index (χ1n) is 21.2. The fraction of sp³-hybridized carbons (Fsp3) is 0.0690. The molecule has 1 heterocycles. The van der Waals surface area contributed by atoms with Gasteiger partial charge >= 0.3 is 0 Å². The van der Waals surface area contributed by atoms with Crippen molar-refractivity contribution < 1.29 is 4.42 Å². The van der Waals surface area contributed by atoms with E-state index in [0.29, 0.717) is 5.89 Å². The van der Waals surface area contributed by atoms with Gasteiger partial charge in [-0.1, -0.05) is 165 Å². The van der Waals surface area contributed by atoms with Crippen LogP contribution in [0.15, 0.2) is 205 Å². The van der Waals surface area contributed by atoms with Gasteiger partial charge in [0.1, 0.15) is 5.52 Å². The van der Waals surface area contributed by atoms with Crippen LogP contribution in [0.5, 0.6) is 0 Å². The minimum absolute atomic E-state index is 0.107. The summed E-state index contributed by atoms with van der Waals surface area (Å²) in [5.41, 5.74) is 16.3. The van der Waals surface area contributed by atoms with Gasteiger partial charge < -0.3 is 9.32 Å². The Morgan fingerprint density at radius 3 is 2.31 bits per heavy atom. The molecule has 0 saturated carbocycles. The van der Waals surface area contributed by atoms with Gasteiger partial charge in [0.05, 0.1) is 5.69 Å². The molecule has 61 heavy (non-hydrogen) atoms. The second-order valence-electron chi connectivity index (χ2n) is 15.9. The molecule has 0 aliphatic heterocycles. The topological polar surface area (TPSA) is 29.3 Å². The monoisotopic (exact) mass is 782 g/mol. The van der Waals surface area contributed by atoms with Crippen LogP contribution in [0.4, 0.5) is 17.1 Å². The van der Waals surface area contributed by atoms with E-state index in [4.69, 9.17) is 9.40 Å². The van der Waals surface area contributed by atoms with Crippen molar-refractivity contribution in [3.8, 4) is 22.6 Å². The van der Waals surface area contributed by atoms with Gasteiger partial charge in [-0.2, -0.15) is 0 Å². The number of benzene rings is 8. The quantitative estimate of drug-likeness (QED) is 0.129. The van der Waals surface area contributed by atoms with Crippen LogP contribution < -0.4 is 15.3 Å². The highest BCUT2D eigenvalue weighted by Gasteiger charge is 2.25. The number of hydrogen-bond acceptors (Lipinski definition) is 3. The Morgan fingerprint density at radius 2 is 1.43 bits per heavy atom. The lowest BCUT2D eigenvalue weighted by molar-refractivity contribution is 0.620. The largest absolute Gasteiger partial charge is 0.434 e. The van der Waals surface area contributed by atoms with E-state index < -0.39 is 0 Å². The lowest BCUT2D eigenvalue weighted by atomic mass is 9.87. The molecule has 1 unspecified atom stereocenters. The minimum atomic E-state index is 0.107. The Bertz CT molecular complexity index is 3430. The summed E-state index contributed by atoms with van der Waals surface area (Å²) in [7, 11) is 0. The van der Waals surface area contributed by atoms with Gasteiger partial charge in [0, 0.05) is 38.7 Å². The average Bonchev–Trinajstić information content (AvgIpc) is 4.01. The molecule has 0 spiro atoms. The SMILES string of the molecule is CC/C=C\C=C/Cc1cc(C2C=CC=Cc3ccccc32)ccc1N(c1ccc(-c2ccc3c(c2)=C=3)cc1)c1cc2ccccc2c2nc(-c3ccc4ccccc4c3)oc12. The molecule has 2 aliphatic carbocycles. The molecule has 3 nitrogen and oxygen atoms in total. The molecule has 0 amide bonds. The smallest absolute Gasteiger partial charge is 0.227 e. The molecule has 0 bridgehead atoms. The summed E-state index contributed by atoms with van der Waals surface area (Å²) in [5, 5.41) is 6.88. The van der Waals surface area contributed by atoms with Gasteiger partial charge in [0.2, 0.25) is 5.89 Å². The third-order valence-electron chi connectivity index (χ3n) is 12.0. The van der Waals surface area contributed by atoms with Crippen molar-refractivity contribution >= 4 is 61.5 Å². The van der Waals surface area contributed by atoms with Crippen molar-refractivity contribution in [2.75, 3.05) is 4.90 Å². The fourth-order valence-corrected chi connectivity index (χ4v) is 8.81. The maximum atomic E-state index is 7.02. The van der Waals surface area contributed by atoms with Crippen LogP contribution in [0.3, 0.4) is 0 Å². The number of aromatic nitrogens is 1. The standard InChI is InChI=1S/C58H42N2O/c1-2-3-4-5-6-20-47-37-46(52-22-13-10-17-41-16-9-12-21-51(41)52)30-33-54(47)60(50-31-28-40(29-32-50)43-25-26-44-36-49(44)35-43)55-38-45-19-11-14-23-53(45)56-57(55)61-58(59-56)48-27-24-39-15-7-8-18-42(39)34-48/h3-19,21-35,37-38,52H,2,20H2,1H3/b4-3-,6-5-. The number of anilines is 3. The summed E-state index contributed by atoms with van der Waals surface area (Å²) >= 11 is 0. The molecule has 1 atom stereocenters. The molecule has 11 rings (SSSR count). The van der Waals surface area contributed by atoms with Crippen molar-refractivity contribution in [3.63, 3.8) is 0 Å². The van der Waals surface area contributed by atoms with Crippen LogP contribution in [0.25, 0.3) is 67.0 Å². The number of allylic oxidation sites excluding steroid dienone is 7. The van der Waals surface area contributed by atoms with Crippen molar-refractivity contribution in [1.82, 2.24) is 4.98 Å². The van der Waals surface area contributed by atoms with E-state index in [2.05, 4.69) is 224 Å². The van der Waals surface area contributed by atoms with Gasteiger partial charge in [-0.05, 0) is 111 Å². The van der Waals surface area contributed by atoms with E-state index in [1.807, 2.05) is 0 Å². The molecule has 8 aromatic carbocycles. The maximum Gasteiger partial charge on any atom is 0.227 e. The van der Waals surface area contributed by atoms with E-state index in [1.165, 1.54) is 43.6 Å². The zero-order chi connectivity index (χ0) is 40.7. The average molecular weight is 783 g/mol. The molecule has 3 heteroatoms. The second-order valence-corrected chi connectivity index (χ2v) is 15.9. The molecular weight excluding hydrogens is 741 g/mol. The van der Waals surface area contributed by atoms with Crippen LogP contribution in [0.1, 0.15) is 41.5 Å². The molecule has 290 valence electrons. The second kappa shape index (κ2) is 15.5. The number of rotatable bonds is 10. The Labute approximate surface area is 355 Å². The van der Waals surface area contributed by atoms with Gasteiger partial charge in [0.15, 0.2) is 5.58 Å². The van der Waals surface area contributed by atoms with Crippen LogP contribution in [-0.4, -0.2) is 4.98 Å². The summed E-state index contributed by atoms with van der Waals surface area (Å²) in [6.45, 7) is 2.17. The molecule has 2 aliphatic rings. The van der Waals surface area contributed by atoms with E-state index in [9.17, 15) is 0 Å². The van der Waals surface area contributed by atoms with E-state index in [1.54, 1.807) is 0 Å². The lowest BCUT2D eigenvalue weighted by Crippen LogP contribution is -2.13. The van der Waals surface area contributed by atoms with Crippen molar-refractivity contribution in [2.24, 2.45) is 0 Å². The highest BCUT2D eigenvalue weighted by atomic mass is 16.3. The first-order valence-corrected chi connectivity index (χ1v) is 21.2. The number of oxazole rings is 1. The maximum absolute atomic E-state index is 7.02. The first-order chi connectivity index (χ1) is 30.2. The summed E-state index contributed by atoms with van der Waals surface area (Å²) < 4.78 is 7.02. The molecule has 1 aromatic heterocycles. The molecule has 0 saturated heterocycles. The molecule has 0 fully saturated rings. The van der Waals surface area contributed by atoms with E-state index >= 15 is 0 Å². The van der Waals surface area contributed by atoms with Crippen molar-refractivity contribution in [1.29, 1.82) is 0 Å². The number of nitrogens with zero attached hydrogens (tertiary/aromatic N) is 2. The number of fused-ring (bicyclic) bond motifs is 6. The summed E-state index contributed by atoms with van der Waals surface area (Å²) in [4.78, 5) is 7.67. The van der Waals surface area contributed by atoms with Crippen molar-refractivity contribution in [3.05, 3.63) is 233 Å². The first kappa shape index (κ1) is 36.4. The van der Waals surface area contributed by atoms with Crippen LogP contribution in [-0.2, 0) is 6.42 Å². The third-order valence-corrected chi connectivity index (χ3v) is 12.0. The van der Waals surface area contributed by atoms with Gasteiger partial charge in [0.25, 0.3) is 0 Å². The highest BCUT2D eigenvalue weighted by molar-refractivity contribution is 6.11. The zero-order valence-corrected chi connectivity index (χ0v) is 33.9. The highest BCUT2D eigenvalue weighted by Crippen LogP contribution is 2.46. The Kier molecular flexibility index (Phi) is 9.23. The molecule has 0 radical (unpaired) electrons. The van der Waals surface area contributed by atoms with Gasteiger partial charge in [-0.3, -0.25) is 0 Å². The minimum Gasteiger partial charge on any atom is -0.434 e. The Morgan fingerprint density at radius 1 is 0.639 bits per heavy atom. The van der Waals surface area contributed by atoms with Crippen molar-refractivity contribution in [2.45, 2.75) is 25.7 Å². The molecular formula is C58H42N2O. The third kappa shape index (κ3) is 6.92. The Hall–Kier alpha value is -7.71. The molecule has 9 aromatic rings. The lowest BCUT2D eigenvalue weighted by Gasteiger charge is -2.29. The molecule has 0 N–H and O–H groups in total. The van der Waals surface area contributed by atoms with Gasteiger partial charge in [-0.15, -0.1) is 5.73 Å². The fourth-order valence-electron chi connectivity index (χ4n) is 8.81. The van der Waals surface area contributed by atoms with Crippen LogP contribution in [0, 0.1) is 0 Å². The van der Waals surface area contributed by atoms with E-state index in [0.717, 1.165) is 68.3 Å². The van der Waals surface area contributed by atoms with Gasteiger partial charge in [-0.25, -0.2) is 4.98 Å². The zero-order valence-electron chi connectivity index (χ0n) is 33.9. The number of hydrogen-bond donors (Lipinski definition) is 0. The summed E-state index contributed by atoms with van der Waals surface area (Å²) in [5.74, 6) is 0.705. The van der Waals surface area contributed by atoms with E-state index in [-0.39, 0.29) is 5.92 Å². The summed E-state index contributed by atoms with van der Waals surface area (Å²) in [6, 6.07) is 56.9. The normalized spacial score (nSPS) is 14.0. The predicted octanol–water partition coefficient (Wildman–Crippen LogP) is 13.8.